The van der Waals surface area contributed by atoms with Crippen LogP contribution in [0.4, 0.5) is 0 Å². The predicted molar refractivity (Wildman–Crippen MR) is 142 cm³/mol. The van der Waals surface area contributed by atoms with Gasteiger partial charge >= 0.3 is 0 Å². The van der Waals surface area contributed by atoms with Crippen molar-refractivity contribution in [1.29, 1.82) is 0 Å². The Labute approximate surface area is 206 Å². The Kier molecular flexibility index (Phi) is 4.67. The molecule has 0 saturated carbocycles. The van der Waals surface area contributed by atoms with Crippen LogP contribution in [0, 0.1) is 0 Å². The lowest BCUT2D eigenvalue weighted by molar-refractivity contribution is 1.27. The molecular weight excluding hydrogens is 444 g/mol. The molecule has 0 radical (unpaired) electrons. The molecule has 0 amide bonds. The average molecular weight is 463 g/mol. The maximum Gasteiger partial charge on any atom is 0.159 e. The van der Waals surface area contributed by atoms with Crippen LogP contribution in [0.5, 0.6) is 0 Å². The van der Waals surface area contributed by atoms with Crippen LogP contribution in [0.2, 0.25) is 0 Å². The van der Waals surface area contributed by atoms with Crippen LogP contribution in [-0.4, -0.2) is 29.9 Å². The van der Waals surface area contributed by atoms with Gasteiger partial charge in [-0.3, -0.25) is 0 Å². The third-order valence-corrected chi connectivity index (χ3v) is 6.21. The standard InChI is InChI=1S/C30H18N6/c1-4-19-7-10-25(34-28(19)31-13-1)22-16-23(26-11-8-20-5-2-14-32-29(20)35-26)18-24(17-22)27-12-9-21-6-3-15-33-30(21)36-27/h1-18H. The van der Waals surface area contributed by atoms with E-state index in [-0.39, 0.29) is 0 Å². The minimum Gasteiger partial charge on any atom is -0.237 e. The largest absolute Gasteiger partial charge is 0.237 e. The molecule has 6 nitrogen and oxygen atoms in total. The van der Waals surface area contributed by atoms with Crippen LogP contribution >= 0.6 is 0 Å². The number of benzene rings is 1. The number of hydrogen-bond donors (Lipinski definition) is 0. The maximum absolute atomic E-state index is 4.84. The summed E-state index contributed by atoms with van der Waals surface area (Å²) >= 11 is 0. The van der Waals surface area contributed by atoms with E-state index in [9.17, 15) is 0 Å². The number of rotatable bonds is 3. The van der Waals surface area contributed by atoms with Gasteiger partial charge in [-0.2, -0.15) is 0 Å². The van der Waals surface area contributed by atoms with Crippen molar-refractivity contribution in [2.45, 2.75) is 0 Å². The van der Waals surface area contributed by atoms with Gasteiger partial charge in [0.2, 0.25) is 0 Å². The van der Waals surface area contributed by atoms with E-state index in [1.54, 1.807) is 18.6 Å². The molecule has 0 fully saturated rings. The molecule has 7 rings (SSSR count). The third kappa shape index (κ3) is 3.61. The van der Waals surface area contributed by atoms with Gasteiger partial charge in [0.05, 0.1) is 17.1 Å². The molecule has 0 aliphatic carbocycles. The van der Waals surface area contributed by atoms with E-state index in [0.717, 1.165) is 49.9 Å². The van der Waals surface area contributed by atoms with Gasteiger partial charge in [0.15, 0.2) is 16.9 Å². The Hall–Kier alpha value is -5.10. The van der Waals surface area contributed by atoms with E-state index in [4.69, 9.17) is 15.0 Å². The number of hydrogen-bond acceptors (Lipinski definition) is 6. The first-order valence-electron chi connectivity index (χ1n) is 11.6. The van der Waals surface area contributed by atoms with E-state index >= 15 is 0 Å². The zero-order valence-electron chi connectivity index (χ0n) is 19.1. The minimum absolute atomic E-state index is 0.711. The first kappa shape index (κ1) is 20.3. The molecule has 6 heteroatoms. The Morgan fingerprint density at radius 1 is 0.361 bits per heavy atom. The van der Waals surface area contributed by atoms with Gasteiger partial charge in [-0.1, -0.05) is 0 Å². The normalized spacial score (nSPS) is 11.3. The summed E-state index contributed by atoms with van der Waals surface area (Å²) in [6.07, 6.45) is 5.29. The van der Waals surface area contributed by atoms with E-state index in [2.05, 4.69) is 33.2 Å². The van der Waals surface area contributed by atoms with Crippen molar-refractivity contribution >= 4 is 33.1 Å². The van der Waals surface area contributed by atoms with Crippen molar-refractivity contribution in [1.82, 2.24) is 29.9 Å². The Morgan fingerprint density at radius 2 is 0.694 bits per heavy atom. The first-order chi connectivity index (χ1) is 17.8. The second-order valence-corrected chi connectivity index (χ2v) is 8.54. The lowest BCUT2D eigenvalue weighted by atomic mass is 9.98. The van der Waals surface area contributed by atoms with Crippen LogP contribution in [0.1, 0.15) is 0 Å². The molecule has 6 heterocycles. The lowest BCUT2D eigenvalue weighted by Crippen LogP contribution is -1.93. The number of nitrogens with zero attached hydrogens (tertiary/aromatic N) is 6. The minimum atomic E-state index is 0.711. The molecular formula is C30H18N6. The fourth-order valence-electron chi connectivity index (χ4n) is 4.41. The second-order valence-electron chi connectivity index (χ2n) is 8.54. The summed E-state index contributed by atoms with van der Waals surface area (Å²) in [4.78, 5) is 27.8. The first-order valence-corrected chi connectivity index (χ1v) is 11.6. The van der Waals surface area contributed by atoms with Gasteiger partial charge in [0.25, 0.3) is 0 Å². The van der Waals surface area contributed by atoms with E-state index < -0.39 is 0 Å². The predicted octanol–water partition coefficient (Wildman–Crippen LogP) is 6.52. The van der Waals surface area contributed by atoms with E-state index in [1.165, 1.54) is 0 Å². The van der Waals surface area contributed by atoms with Crippen LogP contribution < -0.4 is 0 Å². The number of pyridine rings is 6. The van der Waals surface area contributed by atoms with Crippen molar-refractivity contribution in [3.63, 3.8) is 0 Å². The van der Waals surface area contributed by atoms with Gasteiger partial charge in [0, 0.05) is 51.4 Å². The quantitative estimate of drug-likeness (QED) is 0.298. The molecule has 0 aliphatic rings. The number of aromatic nitrogens is 6. The van der Waals surface area contributed by atoms with Crippen molar-refractivity contribution in [3.05, 3.63) is 110 Å². The monoisotopic (exact) mass is 462 g/mol. The number of fused-ring (bicyclic) bond motifs is 3. The molecule has 0 atom stereocenters. The SMILES string of the molecule is c1cnc2nc(-c3cc(-c4ccc5cccnc5n4)cc(-c4ccc5cccnc5n4)c3)ccc2c1. The highest BCUT2D eigenvalue weighted by molar-refractivity contribution is 5.85. The molecule has 0 spiro atoms. The van der Waals surface area contributed by atoms with Gasteiger partial charge in [0.1, 0.15) is 0 Å². The maximum atomic E-state index is 4.84. The molecule has 0 saturated heterocycles. The average Bonchev–Trinajstić information content (AvgIpc) is 2.96. The molecule has 7 aromatic rings. The fourth-order valence-corrected chi connectivity index (χ4v) is 4.41. The molecule has 0 bridgehead atoms. The third-order valence-electron chi connectivity index (χ3n) is 6.21. The molecule has 0 unspecified atom stereocenters. The highest BCUT2D eigenvalue weighted by Crippen LogP contribution is 2.32. The summed E-state index contributed by atoms with van der Waals surface area (Å²) in [5.74, 6) is 0. The van der Waals surface area contributed by atoms with Crippen LogP contribution in [-0.2, 0) is 0 Å². The molecule has 36 heavy (non-hydrogen) atoms. The second kappa shape index (κ2) is 8.29. The lowest BCUT2D eigenvalue weighted by Gasteiger charge is -2.11. The van der Waals surface area contributed by atoms with Gasteiger partial charge in [-0.05, 0) is 91.0 Å². The van der Waals surface area contributed by atoms with Crippen LogP contribution in [0.25, 0.3) is 66.9 Å². The van der Waals surface area contributed by atoms with Gasteiger partial charge in [-0.15, -0.1) is 0 Å². The molecule has 1 aromatic carbocycles. The molecule has 0 aliphatic heterocycles. The zero-order valence-corrected chi connectivity index (χ0v) is 19.1. The van der Waals surface area contributed by atoms with Crippen molar-refractivity contribution in [3.8, 4) is 33.8 Å². The van der Waals surface area contributed by atoms with E-state index in [0.29, 0.717) is 16.9 Å². The highest BCUT2D eigenvalue weighted by Gasteiger charge is 2.12. The smallest absolute Gasteiger partial charge is 0.159 e. The van der Waals surface area contributed by atoms with Crippen molar-refractivity contribution in [2.24, 2.45) is 0 Å². The summed E-state index contributed by atoms with van der Waals surface area (Å²) in [6, 6.07) is 30.3. The Morgan fingerprint density at radius 3 is 1.03 bits per heavy atom. The van der Waals surface area contributed by atoms with Crippen molar-refractivity contribution < 1.29 is 0 Å². The Bertz CT molecular complexity index is 1680. The van der Waals surface area contributed by atoms with Gasteiger partial charge in [-0.25, -0.2) is 29.9 Å². The van der Waals surface area contributed by atoms with Crippen molar-refractivity contribution in [2.75, 3.05) is 0 Å². The Balaban J connectivity index is 1.45. The molecule has 0 N–H and O–H groups in total. The molecule has 168 valence electrons. The topological polar surface area (TPSA) is 77.3 Å². The summed E-state index contributed by atoms with van der Waals surface area (Å²) in [6.45, 7) is 0. The summed E-state index contributed by atoms with van der Waals surface area (Å²) in [5, 5.41) is 3.01. The summed E-state index contributed by atoms with van der Waals surface area (Å²) in [5.41, 5.74) is 7.52. The van der Waals surface area contributed by atoms with Gasteiger partial charge < -0.3 is 0 Å². The van der Waals surface area contributed by atoms with E-state index in [1.807, 2.05) is 72.8 Å². The fraction of sp³-hybridized carbons (Fsp3) is 0. The highest BCUT2D eigenvalue weighted by atomic mass is 14.9. The van der Waals surface area contributed by atoms with Crippen LogP contribution in [0.3, 0.4) is 0 Å². The molecule has 6 aromatic heterocycles. The summed E-state index contributed by atoms with van der Waals surface area (Å²) in [7, 11) is 0. The summed E-state index contributed by atoms with van der Waals surface area (Å²) < 4.78 is 0. The zero-order chi connectivity index (χ0) is 23.9. The van der Waals surface area contributed by atoms with Crippen LogP contribution in [0.15, 0.2) is 110 Å².